The first-order valence-corrected chi connectivity index (χ1v) is 7.91. The van der Waals surface area contributed by atoms with Crippen LogP contribution in [0.25, 0.3) is 0 Å². The molecule has 0 bridgehead atoms. The first-order valence-electron chi connectivity index (χ1n) is 7.91. The maximum Gasteiger partial charge on any atom is 0.0608 e. The van der Waals surface area contributed by atoms with E-state index in [4.69, 9.17) is 0 Å². The summed E-state index contributed by atoms with van der Waals surface area (Å²) in [6.45, 7) is 4.65. The Morgan fingerprint density at radius 1 is 0.762 bits per heavy atom. The fourth-order valence-corrected chi connectivity index (χ4v) is 3.77. The van der Waals surface area contributed by atoms with Crippen LogP contribution in [0.5, 0.6) is 0 Å². The lowest BCUT2D eigenvalue weighted by molar-refractivity contribution is 0.125. The van der Waals surface area contributed by atoms with Crippen molar-refractivity contribution in [2.24, 2.45) is 0 Å². The third-order valence-electron chi connectivity index (χ3n) is 4.98. The lowest BCUT2D eigenvalue weighted by atomic mass is 9.81. The molecule has 0 N–H and O–H groups in total. The summed E-state index contributed by atoms with van der Waals surface area (Å²) in [5.74, 6) is 0. The molecule has 1 heterocycles. The van der Waals surface area contributed by atoms with Crippen LogP contribution in [0.3, 0.4) is 0 Å². The topological polar surface area (TPSA) is 6.48 Å². The van der Waals surface area contributed by atoms with Crippen LogP contribution in [-0.4, -0.2) is 43.0 Å². The molecule has 2 aromatic carbocycles. The number of likely N-dealkylation sites (N-methyl/N-ethyl adjacent to an activating group) is 1. The van der Waals surface area contributed by atoms with Crippen LogP contribution < -0.4 is 0 Å². The quantitative estimate of drug-likeness (QED) is 0.791. The highest BCUT2D eigenvalue weighted by molar-refractivity contribution is 5.48. The van der Waals surface area contributed by atoms with Gasteiger partial charge in [0.1, 0.15) is 0 Å². The number of nitrogens with zero attached hydrogens (tertiary/aromatic N) is 2. The molecule has 0 aromatic heterocycles. The van der Waals surface area contributed by atoms with Crippen molar-refractivity contribution in [3.63, 3.8) is 0 Å². The zero-order valence-electron chi connectivity index (χ0n) is 12.6. The Morgan fingerprint density at radius 2 is 1.29 bits per heavy atom. The largest absolute Gasteiger partial charge is 0.304 e. The number of benzene rings is 2. The number of hydrogen-bond donors (Lipinski definition) is 0. The van der Waals surface area contributed by atoms with Crippen LogP contribution in [0, 0.1) is 0 Å². The Balaban J connectivity index is 1.78. The lowest BCUT2D eigenvalue weighted by Gasteiger charge is -2.41. The van der Waals surface area contributed by atoms with Gasteiger partial charge in [-0.3, -0.25) is 4.90 Å². The second-order valence-electron chi connectivity index (χ2n) is 6.32. The second kappa shape index (κ2) is 5.28. The van der Waals surface area contributed by atoms with E-state index >= 15 is 0 Å². The molecule has 0 atom stereocenters. The molecule has 4 rings (SSSR count). The number of fused-ring (bicyclic) bond motifs is 2. The molecular weight excluding hydrogens is 256 g/mol. The first-order chi connectivity index (χ1) is 10.3. The van der Waals surface area contributed by atoms with Crippen LogP contribution in [-0.2, 0) is 6.42 Å². The number of hydrogen-bond acceptors (Lipinski definition) is 2. The highest BCUT2D eigenvalue weighted by Gasteiger charge is 2.31. The van der Waals surface area contributed by atoms with Gasteiger partial charge in [0, 0.05) is 26.2 Å². The SMILES string of the molecule is CN1CCN(C2c3ccccc3Cc3ccccc32)CC1. The van der Waals surface area contributed by atoms with Crippen molar-refractivity contribution >= 4 is 0 Å². The highest BCUT2D eigenvalue weighted by Crippen LogP contribution is 2.38. The van der Waals surface area contributed by atoms with Gasteiger partial charge in [-0.1, -0.05) is 48.5 Å². The summed E-state index contributed by atoms with van der Waals surface area (Å²) in [5.41, 5.74) is 6.03. The molecule has 1 aliphatic heterocycles. The van der Waals surface area contributed by atoms with Gasteiger partial charge in [0.25, 0.3) is 0 Å². The van der Waals surface area contributed by atoms with Gasteiger partial charge in [-0.2, -0.15) is 0 Å². The molecule has 0 radical (unpaired) electrons. The minimum Gasteiger partial charge on any atom is -0.304 e. The smallest absolute Gasteiger partial charge is 0.0608 e. The average Bonchev–Trinajstić information content (AvgIpc) is 2.53. The maximum atomic E-state index is 2.66. The minimum atomic E-state index is 0.444. The lowest BCUT2D eigenvalue weighted by Crippen LogP contribution is -2.47. The van der Waals surface area contributed by atoms with Crippen molar-refractivity contribution in [2.75, 3.05) is 33.2 Å². The molecule has 2 aromatic rings. The van der Waals surface area contributed by atoms with Gasteiger partial charge in [0.05, 0.1) is 6.04 Å². The van der Waals surface area contributed by atoms with Crippen LogP contribution in [0.4, 0.5) is 0 Å². The van der Waals surface area contributed by atoms with Crippen molar-refractivity contribution < 1.29 is 0 Å². The zero-order valence-corrected chi connectivity index (χ0v) is 12.6. The molecule has 0 saturated carbocycles. The van der Waals surface area contributed by atoms with Gasteiger partial charge in [-0.05, 0) is 35.7 Å². The molecule has 0 amide bonds. The monoisotopic (exact) mass is 278 g/mol. The summed E-state index contributed by atoms with van der Waals surface area (Å²) in [7, 11) is 2.22. The Hall–Kier alpha value is -1.64. The van der Waals surface area contributed by atoms with E-state index in [0.717, 1.165) is 19.5 Å². The van der Waals surface area contributed by atoms with Crippen molar-refractivity contribution in [1.29, 1.82) is 0 Å². The van der Waals surface area contributed by atoms with Gasteiger partial charge in [-0.15, -0.1) is 0 Å². The molecule has 108 valence electrons. The molecule has 2 aliphatic rings. The maximum absolute atomic E-state index is 2.66. The summed E-state index contributed by atoms with van der Waals surface area (Å²) in [5, 5.41) is 0. The fourth-order valence-electron chi connectivity index (χ4n) is 3.77. The summed E-state index contributed by atoms with van der Waals surface area (Å²) in [6.07, 6.45) is 1.08. The van der Waals surface area contributed by atoms with Crippen LogP contribution >= 0.6 is 0 Å². The predicted molar refractivity (Wildman–Crippen MR) is 86.6 cm³/mol. The van der Waals surface area contributed by atoms with E-state index < -0.39 is 0 Å². The Kier molecular flexibility index (Phi) is 3.28. The molecule has 2 nitrogen and oxygen atoms in total. The molecule has 21 heavy (non-hydrogen) atoms. The fraction of sp³-hybridized carbons (Fsp3) is 0.368. The summed E-state index contributed by atoms with van der Waals surface area (Å²) < 4.78 is 0. The van der Waals surface area contributed by atoms with E-state index in [1.165, 1.54) is 35.3 Å². The van der Waals surface area contributed by atoms with Crippen molar-refractivity contribution in [2.45, 2.75) is 12.5 Å². The minimum absolute atomic E-state index is 0.444. The average molecular weight is 278 g/mol. The van der Waals surface area contributed by atoms with E-state index in [0.29, 0.717) is 6.04 Å². The van der Waals surface area contributed by atoms with Crippen LogP contribution in [0.1, 0.15) is 28.3 Å². The standard InChI is InChI=1S/C19H22N2/c1-20-10-12-21(13-11-20)19-17-8-4-2-6-15(17)14-16-7-3-5-9-18(16)19/h2-9,19H,10-14H2,1H3. The van der Waals surface area contributed by atoms with E-state index in [2.05, 4.69) is 65.4 Å². The summed E-state index contributed by atoms with van der Waals surface area (Å²) >= 11 is 0. The molecule has 0 unspecified atom stereocenters. The van der Waals surface area contributed by atoms with E-state index in [1.54, 1.807) is 0 Å². The number of rotatable bonds is 1. The van der Waals surface area contributed by atoms with Crippen molar-refractivity contribution in [3.05, 3.63) is 70.8 Å². The van der Waals surface area contributed by atoms with Gasteiger partial charge >= 0.3 is 0 Å². The molecule has 1 aliphatic carbocycles. The number of piperazine rings is 1. The highest BCUT2D eigenvalue weighted by atomic mass is 15.3. The molecule has 1 saturated heterocycles. The third-order valence-corrected chi connectivity index (χ3v) is 4.98. The van der Waals surface area contributed by atoms with Crippen molar-refractivity contribution in [1.82, 2.24) is 9.80 Å². The van der Waals surface area contributed by atoms with Crippen LogP contribution in [0.2, 0.25) is 0 Å². The molecule has 0 spiro atoms. The Morgan fingerprint density at radius 3 is 1.86 bits per heavy atom. The van der Waals surface area contributed by atoms with Crippen molar-refractivity contribution in [3.8, 4) is 0 Å². The molecule has 2 heteroatoms. The summed E-state index contributed by atoms with van der Waals surface area (Å²) in [4.78, 5) is 5.09. The molecule has 1 fully saturated rings. The van der Waals surface area contributed by atoms with E-state index in [-0.39, 0.29) is 0 Å². The molecular formula is C19H22N2. The van der Waals surface area contributed by atoms with Gasteiger partial charge in [0.15, 0.2) is 0 Å². The van der Waals surface area contributed by atoms with Gasteiger partial charge in [0.2, 0.25) is 0 Å². The van der Waals surface area contributed by atoms with E-state index in [9.17, 15) is 0 Å². The van der Waals surface area contributed by atoms with Gasteiger partial charge < -0.3 is 4.90 Å². The second-order valence-corrected chi connectivity index (χ2v) is 6.32. The zero-order chi connectivity index (χ0) is 14.2. The predicted octanol–water partition coefficient (Wildman–Crippen LogP) is 2.93. The first kappa shape index (κ1) is 13.1. The Labute approximate surface area is 127 Å². The van der Waals surface area contributed by atoms with E-state index in [1.807, 2.05) is 0 Å². The third kappa shape index (κ3) is 2.29. The van der Waals surface area contributed by atoms with Crippen LogP contribution in [0.15, 0.2) is 48.5 Å². The Bertz CT molecular complexity index is 596. The normalized spacial score (nSPS) is 20.0. The summed E-state index contributed by atoms with van der Waals surface area (Å²) in [6, 6.07) is 18.4. The van der Waals surface area contributed by atoms with Gasteiger partial charge in [-0.25, -0.2) is 0 Å².